The zero-order chi connectivity index (χ0) is 15.6. The Morgan fingerprint density at radius 1 is 1.14 bits per heavy atom. The number of anilines is 1. The molecular formula is C15H15F3N4. The molecule has 7 heteroatoms. The molecular weight excluding hydrogens is 293 g/mol. The lowest BCUT2D eigenvalue weighted by molar-refractivity contribution is -0.176. The van der Waals surface area contributed by atoms with E-state index in [1.165, 1.54) is 6.33 Å². The van der Waals surface area contributed by atoms with E-state index in [0.29, 0.717) is 24.5 Å². The summed E-state index contributed by atoms with van der Waals surface area (Å²) < 4.78 is 38.9. The summed E-state index contributed by atoms with van der Waals surface area (Å²) in [6.07, 6.45) is -2.22. The topological polar surface area (TPSA) is 41.9 Å². The van der Waals surface area contributed by atoms with Gasteiger partial charge < -0.3 is 4.90 Å². The van der Waals surface area contributed by atoms with Gasteiger partial charge in [-0.3, -0.25) is 0 Å². The van der Waals surface area contributed by atoms with Crippen LogP contribution in [0.2, 0.25) is 0 Å². The second-order valence-electron chi connectivity index (χ2n) is 5.33. The highest BCUT2D eigenvalue weighted by Crippen LogP contribution is 2.36. The predicted molar refractivity (Wildman–Crippen MR) is 76.3 cm³/mol. The van der Waals surface area contributed by atoms with Crippen molar-refractivity contribution < 1.29 is 13.2 Å². The minimum Gasteiger partial charge on any atom is -0.353 e. The summed E-state index contributed by atoms with van der Waals surface area (Å²) >= 11 is 0. The summed E-state index contributed by atoms with van der Waals surface area (Å²) in [6, 6.07) is 9.31. The lowest BCUT2D eigenvalue weighted by Crippen LogP contribution is -2.42. The Bertz CT molecular complexity index is 630. The zero-order valence-corrected chi connectivity index (χ0v) is 11.8. The van der Waals surface area contributed by atoms with Gasteiger partial charge in [-0.15, -0.1) is 10.2 Å². The number of hydrogen-bond acceptors (Lipinski definition) is 4. The standard InChI is InChI=1S/C15H15F3N4/c16-15(17,18)12-7-4-8-22(9-12)14-13(19-10-20-21-14)11-5-2-1-3-6-11/h1-3,5-6,10,12H,4,7-9H2. The molecule has 2 heterocycles. The molecule has 0 amide bonds. The third-order valence-electron chi connectivity index (χ3n) is 3.83. The minimum atomic E-state index is -4.18. The van der Waals surface area contributed by atoms with Crippen LogP contribution in [-0.4, -0.2) is 34.4 Å². The number of rotatable bonds is 2. The number of hydrogen-bond donors (Lipinski definition) is 0. The molecule has 1 aromatic carbocycles. The fourth-order valence-electron chi connectivity index (χ4n) is 2.72. The average Bonchev–Trinajstić information content (AvgIpc) is 2.55. The smallest absolute Gasteiger partial charge is 0.353 e. The molecule has 0 bridgehead atoms. The monoisotopic (exact) mass is 308 g/mol. The molecule has 1 aromatic heterocycles. The van der Waals surface area contributed by atoms with E-state index in [2.05, 4.69) is 15.2 Å². The summed E-state index contributed by atoms with van der Waals surface area (Å²) in [6.45, 7) is 0.441. The normalized spacial score (nSPS) is 19.2. The first-order valence-electron chi connectivity index (χ1n) is 7.10. The first-order valence-corrected chi connectivity index (χ1v) is 7.10. The van der Waals surface area contributed by atoms with E-state index in [9.17, 15) is 13.2 Å². The lowest BCUT2D eigenvalue weighted by Gasteiger charge is -2.34. The van der Waals surface area contributed by atoms with Crippen molar-refractivity contribution in [2.75, 3.05) is 18.0 Å². The molecule has 0 saturated carbocycles. The Kier molecular flexibility index (Phi) is 3.96. The van der Waals surface area contributed by atoms with Crippen molar-refractivity contribution in [1.29, 1.82) is 0 Å². The summed E-state index contributed by atoms with van der Waals surface area (Å²) in [5.74, 6) is -0.908. The van der Waals surface area contributed by atoms with Crippen LogP contribution in [-0.2, 0) is 0 Å². The van der Waals surface area contributed by atoms with Gasteiger partial charge in [0.2, 0.25) is 0 Å². The third kappa shape index (κ3) is 3.03. The summed E-state index contributed by atoms with van der Waals surface area (Å²) in [4.78, 5) is 5.86. The second-order valence-corrected chi connectivity index (χ2v) is 5.33. The van der Waals surface area contributed by atoms with Crippen molar-refractivity contribution in [3.05, 3.63) is 36.7 Å². The molecule has 0 radical (unpaired) electrons. The van der Waals surface area contributed by atoms with Gasteiger partial charge in [-0.25, -0.2) is 4.98 Å². The number of alkyl halides is 3. The first kappa shape index (κ1) is 14.7. The van der Waals surface area contributed by atoms with Gasteiger partial charge in [0.25, 0.3) is 0 Å². The molecule has 22 heavy (non-hydrogen) atoms. The molecule has 2 aromatic rings. The van der Waals surface area contributed by atoms with E-state index in [-0.39, 0.29) is 13.0 Å². The number of benzene rings is 1. The van der Waals surface area contributed by atoms with Gasteiger partial charge in [-0.2, -0.15) is 13.2 Å². The highest BCUT2D eigenvalue weighted by molar-refractivity contribution is 5.71. The van der Waals surface area contributed by atoms with Crippen LogP contribution < -0.4 is 4.90 Å². The molecule has 1 saturated heterocycles. The predicted octanol–water partition coefficient (Wildman–Crippen LogP) is 3.32. The van der Waals surface area contributed by atoms with Gasteiger partial charge >= 0.3 is 6.18 Å². The van der Waals surface area contributed by atoms with Crippen molar-refractivity contribution in [3.8, 4) is 11.3 Å². The maximum absolute atomic E-state index is 13.0. The van der Waals surface area contributed by atoms with E-state index in [1.807, 2.05) is 30.3 Å². The van der Waals surface area contributed by atoms with Crippen LogP contribution in [0.4, 0.5) is 19.0 Å². The van der Waals surface area contributed by atoms with Crippen LogP contribution in [0.5, 0.6) is 0 Å². The Morgan fingerprint density at radius 3 is 2.64 bits per heavy atom. The highest BCUT2D eigenvalue weighted by atomic mass is 19.4. The molecule has 1 fully saturated rings. The van der Waals surface area contributed by atoms with Gasteiger partial charge in [0, 0.05) is 18.7 Å². The van der Waals surface area contributed by atoms with Crippen LogP contribution in [0.25, 0.3) is 11.3 Å². The molecule has 116 valence electrons. The summed E-state index contributed by atoms with van der Waals surface area (Å²) in [5, 5.41) is 7.79. The van der Waals surface area contributed by atoms with Gasteiger partial charge in [0.05, 0.1) is 5.92 Å². The van der Waals surface area contributed by atoms with Crippen LogP contribution in [0.1, 0.15) is 12.8 Å². The van der Waals surface area contributed by atoms with E-state index in [4.69, 9.17) is 0 Å². The summed E-state index contributed by atoms with van der Waals surface area (Å²) in [5.41, 5.74) is 1.39. The van der Waals surface area contributed by atoms with Crippen LogP contribution in [0.15, 0.2) is 36.7 Å². The minimum absolute atomic E-state index is 0.0935. The Morgan fingerprint density at radius 2 is 1.91 bits per heavy atom. The van der Waals surface area contributed by atoms with Gasteiger partial charge in [-0.05, 0) is 12.8 Å². The number of halogens is 3. The number of aromatic nitrogens is 3. The van der Waals surface area contributed by atoms with Crippen molar-refractivity contribution in [2.45, 2.75) is 19.0 Å². The molecule has 1 aliphatic heterocycles. The number of piperidine rings is 1. The molecule has 1 unspecified atom stereocenters. The Balaban J connectivity index is 1.92. The maximum Gasteiger partial charge on any atom is 0.393 e. The van der Waals surface area contributed by atoms with E-state index < -0.39 is 12.1 Å². The van der Waals surface area contributed by atoms with Crippen LogP contribution >= 0.6 is 0 Å². The van der Waals surface area contributed by atoms with E-state index >= 15 is 0 Å². The Labute approximate surface area is 126 Å². The van der Waals surface area contributed by atoms with E-state index in [1.54, 1.807) is 4.90 Å². The molecule has 1 atom stereocenters. The maximum atomic E-state index is 13.0. The van der Waals surface area contributed by atoms with Crippen molar-refractivity contribution in [1.82, 2.24) is 15.2 Å². The van der Waals surface area contributed by atoms with E-state index in [0.717, 1.165) is 5.56 Å². The van der Waals surface area contributed by atoms with Crippen LogP contribution in [0, 0.1) is 5.92 Å². The largest absolute Gasteiger partial charge is 0.393 e. The molecule has 0 spiro atoms. The molecule has 3 rings (SSSR count). The lowest BCUT2D eigenvalue weighted by atomic mass is 9.97. The molecule has 4 nitrogen and oxygen atoms in total. The van der Waals surface area contributed by atoms with Crippen molar-refractivity contribution >= 4 is 5.82 Å². The van der Waals surface area contributed by atoms with Gasteiger partial charge in [-0.1, -0.05) is 30.3 Å². The molecule has 0 aliphatic carbocycles. The van der Waals surface area contributed by atoms with Gasteiger partial charge in [0.1, 0.15) is 12.0 Å². The summed E-state index contributed by atoms with van der Waals surface area (Å²) in [7, 11) is 0. The van der Waals surface area contributed by atoms with Crippen molar-refractivity contribution in [3.63, 3.8) is 0 Å². The molecule has 0 N–H and O–H groups in total. The van der Waals surface area contributed by atoms with Gasteiger partial charge in [0.15, 0.2) is 5.82 Å². The van der Waals surface area contributed by atoms with Crippen molar-refractivity contribution in [2.24, 2.45) is 5.92 Å². The Hall–Kier alpha value is -2.18. The second kappa shape index (κ2) is 5.90. The third-order valence-corrected chi connectivity index (χ3v) is 3.83. The number of nitrogens with zero attached hydrogens (tertiary/aromatic N) is 4. The molecule has 1 aliphatic rings. The zero-order valence-electron chi connectivity index (χ0n) is 11.8. The average molecular weight is 308 g/mol. The first-order chi connectivity index (χ1) is 10.6. The highest BCUT2D eigenvalue weighted by Gasteiger charge is 2.42. The SMILES string of the molecule is FC(F)(F)C1CCCN(c2nncnc2-c2ccccc2)C1. The fourth-order valence-corrected chi connectivity index (χ4v) is 2.72. The fraction of sp³-hybridized carbons (Fsp3) is 0.400. The van der Waals surface area contributed by atoms with Crippen LogP contribution in [0.3, 0.4) is 0 Å². The quantitative estimate of drug-likeness (QED) is 0.853.